The Morgan fingerprint density at radius 3 is 2.35 bits per heavy atom. The van der Waals surface area contributed by atoms with Gasteiger partial charge in [-0.25, -0.2) is 9.59 Å². The number of rotatable bonds is 6. The number of thioether (sulfide) groups is 1. The lowest BCUT2D eigenvalue weighted by Gasteiger charge is -2.36. The van der Waals surface area contributed by atoms with Gasteiger partial charge in [0.15, 0.2) is 6.04 Å². The van der Waals surface area contributed by atoms with Gasteiger partial charge >= 0.3 is 12.0 Å². The molecule has 116 valence electrons. The average molecular weight is 304 g/mol. The lowest BCUT2D eigenvalue weighted by atomic mass is 9.88. The molecule has 0 aliphatic heterocycles. The van der Waals surface area contributed by atoms with Crippen molar-refractivity contribution in [2.24, 2.45) is 0 Å². The van der Waals surface area contributed by atoms with Crippen LogP contribution in [0.2, 0.25) is 0 Å². The quantitative estimate of drug-likeness (QED) is 0.591. The van der Waals surface area contributed by atoms with Crippen molar-refractivity contribution in [1.82, 2.24) is 10.6 Å². The van der Waals surface area contributed by atoms with Crippen LogP contribution in [0.15, 0.2) is 0 Å². The molecule has 1 aliphatic carbocycles. The highest BCUT2D eigenvalue weighted by Gasteiger charge is 2.32. The molecular formula is C13H24N2O4S. The molecule has 7 heteroatoms. The third-order valence-electron chi connectivity index (χ3n) is 3.80. The number of aliphatic hydroxyl groups is 1. The molecule has 1 aliphatic rings. The van der Waals surface area contributed by atoms with Gasteiger partial charge in [-0.15, -0.1) is 0 Å². The van der Waals surface area contributed by atoms with Gasteiger partial charge in [0, 0.05) is 11.3 Å². The Labute approximate surface area is 123 Å². The van der Waals surface area contributed by atoms with Gasteiger partial charge in [0.1, 0.15) is 0 Å². The van der Waals surface area contributed by atoms with Gasteiger partial charge in [-0.3, -0.25) is 0 Å². The summed E-state index contributed by atoms with van der Waals surface area (Å²) in [5.41, 5.74) is 0. The Morgan fingerprint density at radius 2 is 1.90 bits per heavy atom. The van der Waals surface area contributed by atoms with Gasteiger partial charge in [0.25, 0.3) is 0 Å². The van der Waals surface area contributed by atoms with E-state index in [4.69, 9.17) is 5.11 Å². The van der Waals surface area contributed by atoms with Crippen molar-refractivity contribution in [1.29, 1.82) is 0 Å². The molecule has 0 heterocycles. The normalized spacial score (nSPS) is 20.8. The predicted octanol–water partition coefficient (Wildman–Crippen LogP) is 1.19. The number of carbonyl (C=O) groups excluding carboxylic acids is 1. The Bertz CT molecular complexity index is 343. The third-order valence-corrected chi connectivity index (χ3v) is 5.22. The fourth-order valence-electron chi connectivity index (χ4n) is 2.47. The largest absolute Gasteiger partial charge is 0.480 e. The molecule has 0 aromatic heterocycles. The molecule has 0 unspecified atom stereocenters. The van der Waals surface area contributed by atoms with Gasteiger partial charge in [-0.1, -0.05) is 19.3 Å². The van der Waals surface area contributed by atoms with Crippen LogP contribution in [0.3, 0.4) is 0 Å². The maximum absolute atomic E-state index is 11.8. The van der Waals surface area contributed by atoms with E-state index in [1.165, 1.54) is 13.3 Å². The van der Waals surface area contributed by atoms with Gasteiger partial charge in [0.2, 0.25) is 0 Å². The van der Waals surface area contributed by atoms with E-state index in [9.17, 15) is 14.7 Å². The summed E-state index contributed by atoms with van der Waals surface area (Å²) in [5, 5.41) is 23.2. The average Bonchev–Trinajstić information content (AvgIpc) is 2.43. The molecule has 0 aromatic carbocycles. The van der Waals surface area contributed by atoms with Crippen molar-refractivity contribution >= 4 is 23.8 Å². The van der Waals surface area contributed by atoms with Gasteiger partial charge in [-0.05, 0) is 26.0 Å². The highest BCUT2D eigenvalue weighted by atomic mass is 32.2. The van der Waals surface area contributed by atoms with E-state index in [0.717, 1.165) is 25.7 Å². The van der Waals surface area contributed by atoms with E-state index in [1.54, 1.807) is 11.8 Å². The van der Waals surface area contributed by atoms with E-state index in [0.29, 0.717) is 6.54 Å². The number of urea groups is 1. The van der Waals surface area contributed by atoms with Crippen LogP contribution in [0.4, 0.5) is 4.79 Å². The first-order valence-electron chi connectivity index (χ1n) is 6.90. The molecule has 1 rings (SSSR count). The molecule has 0 radical (unpaired) electrons. The molecular weight excluding hydrogens is 280 g/mol. The van der Waals surface area contributed by atoms with Gasteiger partial charge in [0.05, 0.1) is 6.10 Å². The lowest BCUT2D eigenvalue weighted by Crippen LogP contribution is -2.53. The lowest BCUT2D eigenvalue weighted by molar-refractivity contribution is -0.141. The summed E-state index contributed by atoms with van der Waals surface area (Å²) in [4.78, 5) is 22.7. The predicted molar refractivity (Wildman–Crippen MR) is 79.0 cm³/mol. The second-order valence-corrected chi connectivity index (χ2v) is 6.61. The van der Waals surface area contributed by atoms with E-state index < -0.39 is 24.1 Å². The fourth-order valence-corrected chi connectivity index (χ4v) is 3.38. The van der Waals surface area contributed by atoms with Crippen molar-refractivity contribution < 1.29 is 19.8 Å². The second-order valence-electron chi connectivity index (χ2n) is 5.33. The van der Waals surface area contributed by atoms with Crippen LogP contribution >= 0.6 is 11.8 Å². The maximum atomic E-state index is 11.8. The zero-order valence-electron chi connectivity index (χ0n) is 12.0. The van der Waals surface area contributed by atoms with E-state index in [1.807, 2.05) is 6.26 Å². The monoisotopic (exact) mass is 304 g/mol. The fraction of sp³-hybridized carbons (Fsp3) is 0.846. The Balaban J connectivity index is 2.47. The second kappa shape index (κ2) is 7.73. The Morgan fingerprint density at radius 1 is 1.30 bits per heavy atom. The van der Waals surface area contributed by atoms with E-state index in [2.05, 4.69) is 10.6 Å². The van der Waals surface area contributed by atoms with Crippen LogP contribution in [0.1, 0.15) is 39.0 Å². The number of aliphatic hydroxyl groups excluding tert-OH is 1. The highest BCUT2D eigenvalue weighted by Crippen LogP contribution is 2.37. The van der Waals surface area contributed by atoms with Crippen molar-refractivity contribution in [2.45, 2.75) is 55.9 Å². The molecule has 4 N–H and O–H groups in total. The number of amides is 2. The van der Waals surface area contributed by atoms with Crippen LogP contribution < -0.4 is 10.6 Å². The number of carboxylic acids is 1. The first kappa shape index (κ1) is 17.1. The first-order valence-corrected chi connectivity index (χ1v) is 8.13. The summed E-state index contributed by atoms with van der Waals surface area (Å²) >= 11 is 1.76. The topological polar surface area (TPSA) is 98.7 Å². The molecule has 20 heavy (non-hydrogen) atoms. The number of hydrogen-bond donors (Lipinski definition) is 4. The van der Waals surface area contributed by atoms with Crippen LogP contribution in [-0.4, -0.2) is 51.9 Å². The maximum Gasteiger partial charge on any atom is 0.328 e. The number of aliphatic carboxylic acids is 1. The molecule has 0 bridgehead atoms. The molecule has 0 saturated heterocycles. The zero-order chi connectivity index (χ0) is 15.2. The summed E-state index contributed by atoms with van der Waals surface area (Å²) in [6.07, 6.45) is 6.59. The number of nitrogens with one attached hydrogen (secondary N) is 2. The molecule has 0 spiro atoms. The minimum absolute atomic E-state index is 0.0547. The summed E-state index contributed by atoms with van der Waals surface area (Å²) < 4.78 is 0.0547. The molecule has 6 nitrogen and oxygen atoms in total. The molecule has 1 fully saturated rings. The van der Waals surface area contributed by atoms with Gasteiger partial charge < -0.3 is 20.8 Å². The summed E-state index contributed by atoms with van der Waals surface area (Å²) in [5.74, 6) is -1.24. The SMILES string of the molecule is CSC1(CNC(=O)N[C@H](C(=O)O)[C@@H](C)O)CCCCC1. The van der Waals surface area contributed by atoms with Crippen LogP contribution in [0.5, 0.6) is 0 Å². The van der Waals surface area contributed by atoms with Crippen molar-refractivity contribution in [3.63, 3.8) is 0 Å². The standard InChI is InChI=1S/C13H24N2O4S/c1-9(16)10(11(17)18)15-12(19)14-8-13(20-2)6-4-3-5-7-13/h9-10,16H,3-8H2,1-2H3,(H,17,18)(H2,14,15,19)/t9-,10+/m1/s1. The van der Waals surface area contributed by atoms with Gasteiger partial charge in [-0.2, -0.15) is 11.8 Å². The Kier molecular flexibility index (Phi) is 6.61. The third kappa shape index (κ3) is 4.86. The van der Waals surface area contributed by atoms with Crippen molar-refractivity contribution in [3.8, 4) is 0 Å². The van der Waals surface area contributed by atoms with Crippen LogP contribution in [-0.2, 0) is 4.79 Å². The Hall–Kier alpha value is -0.950. The van der Waals surface area contributed by atoms with Crippen molar-refractivity contribution in [2.75, 3.05) is 12.8 Å². The first-order chi connectivity index (χ1) is 9.40. The van der Waals surface area contributed by atoms with E-state index >= 15 is 0 Å². The van der Waals surface area contributed by atoms with E-state index in [-0.39, 0.29) is 4.75 Å². The molecule has 2 atom stereocenters. The number of carboxylic acid groups (broad SMARTS) is 1. The minimum Gasteiger partial charge on any atom is -0.480 e. The molecule has 0 aromatic rings. The molecule has 2 amide bonds. The summed E-state index contributed by atoms with van der Waals surface area (Å²) in [6.45, 7) is 1.86. The number of carbonyl (C=O) groups is 2. The highest BCUT2D eigenvalue weighted by molar-refractivity contribution is 8.00. The van der Waals surface area contributed by atoms with Crippen LogP contribution in [0, 0.1) is 0 Å². The molecule has 1 saturated carbocycles. The number of hydrogen-bond acceptors (Lipinski definition) is 4. The van der Waals surface area contributed by atoms with Crippen molar-refractivity contribution in [3.05, 3.63) is 0 Å². The summed E-state index contributed by atoms with van der Waals surface area (Å²) in [6, 6.07) is -1.83. The minimum atomic E-state index is -1.29. The zero-order valence-corrected chi connectivity index (χ0v) is 12.8. The van der Waals surface area contributed by atoms with Crippen LogP contribution in [0.25, 0.3) is 0 Å². The smallest absolute Gasteiger partial charge is 0.328 e. The summed E-state index contributed by atoms with van der Waals surface area (Å²) in [7, 11) is 0.